The molecule has 0 spiro atoms. The van der Waals surface area contributed by atoms with Gasteiger partial charge in [-0.25, -0.2) is 0 Å². The lowest BCUT2D eigenvalue weighted by Gasteiger charge is -2.43. The van der Waals surface area contributed by atoms with E-state index >= 15 is 0 Å². The summed E-state index contributed by atoms with van der Waals surface area (Å²) in [4.78, 5) is 2.25. The van der Waals surface area contributed by atoms with Crippen molar-refractivity contribution < 1.29 is 13.2 Å². The highest BCUT2D eigenvalue weighted by Crippen LogP contribution is 2.30. The van der Waals surface area contributed by atoms with E-state index in [-0.39, 0.29) is 5.54 Å². The van der Waals surface area contributed by atoms with Crippen LogP contribution < -0.4 is 5.32 Å². The molecule has 2 rings (SSSR count). The van der Waals surface area contributed by atoms with E-state index in [4.69, 9.17) is 0 Å². The van der Waals surface area contributed by atoms with Gasteiger partial charge in [-0.15, -0.1) is 0 Å². The van der Waals surface area contributed by atoms with Gasteiger partial charge in [0.25, 0.3) is 0 Å². The van der Waals surface area contributed by atoms with Crippen LogP contribution in [0.2, 0.25) is 0 Å². The van der Waals surface area contributed by atoms with E-state index in [1.165, 1.54) is 12.1 Å². The fourth-order valence-corrected chi connectivity index (χ4v) is 3.01. The number of aryl methyl sites for hydroxylation is 1. The lowest BCUT2D eigenvalue weighted by Crippen LogP contribution is -2.55. The molecule has 1 N–H and O–H groups in total. The van der Waals surface area contributed by atoms with Crippen molar-refractivity contribution in [3.63, 3.8) is 0 Å². The third-order valence-electron chi connectivity index (χ3n) is 4.56. The average molecular weight is 300 g/mol. The molecule has 0 aromatic heterocycles. The Balaban J connectivity index is 2.01. The molecule has 21 heavy (non-hydrogen) atoms. The maximum absolute atomic E-state index is 12.5. The lowest BCUT2D eigenvalue weighted by molar-refractivity contribution is -0.137. The lowest BCUT2D eigenvalue weighted by atomic mass is 9.83. The van der Waals surface area contributed by atoms with E-state index in [0.717, 1.165) is 44.3 Å². The van der Waals surface area contributed by atoms with E-state index in [1.54, 1.807) is 12.1 Å². The number of nitrogens with one attached hydrogen (secondary N) is 1. The van der Waals surface area contributed by atoms with Gasteiger partial charge in [0, 0.05) is 12.1 Å². The van der Waals surface area contributed by atoms with E-state index in [0.29, 0.717) is 0 Å². The van der Waals surface area contributed by atoms with Gasteiger partial charge in [-0.3, -0.25) is 0 Å². The van der Waals surface area contributed by atoms with Crippen molar-refractivity contribution >= 4 is 0 Å². The summed E-state index contributed by atoms with van der Waals surface area (Å²) in [7, 11) is 4.17. The summed E-state index contributed by atoms with van der Waals surface area (Å²) in [5.74, 6) is 0. The zero-order valence-electron chi connectivity index (χ0n) is 12.6. The molecule has 0 unspecified atom stereocenters. The summed E-state index contributed by atoms with van der Waals surface area (Å²) in [6.07, 6.45) is -0.216. The fourth-order valence-electron chi connectivity index (χ4n) is 3.01. The number of rotatable bonds is 4. The Morgan fingerprint density at radius 1 is 1.19 bits per heavy atom. The number of piperidine rings is 1. The maximum Gasteiger partial charge on any atom is 0.416 e. The number of hydrogen-bond donors (Lipinski definition) is 1. The minimum absolute atomic E-state index is 0.112. The van der Waals surface area contributed by atoms with Crippen molar-refractivity contribution in [2.24, 2.45) is 0 Å². The summed E-state index contributed by atoms with van der Waals surface area (Å²) in [5, 5.41) is 3.43. The van der Waals surface area contributed by atoms with E-state index in [1.807, 2.05) is 0 Å². The van der Waals surface area contributed by atoms with Gasteiger partial charge in [-0.1, -0.05) is 12.1 Å². The summed E-state index contributed by atoms with van der Waals surface area (Å²) >= 11 is 0. The van der Waals surface area contributed by atoms with Crippen molar-refractivity contribution in [2.75, 3.05) is 27.2 Å². The molecular formula is C16H23F3N2. The zero-order chi connectivity index (χ0) is 15.5. The van der Waals surface area contributed by atoms with Gasteiger partial charge in [0.2, 0.25) is 0 Å². The van der Waals surface area contributed by atoms with Crippen LogP contribution in [0.5, 0.6) is 0 Å². The minimum Gasteiger partial charge on any atom is -0.315 e. The van der Waals surface area contributed by atoms with Crippen LogP contribution in [-0.4, -0.2) is 37.6 Å². The molecule has 5 heteroatoms. The van der Waals surface area contributed by atoms with Crippen LogP contribution in [0, 0.1) is 0 Å². The highest BCUT2D eigenvalue weighted by atomic mass is 19.4. The Morgan fingerprint density at radius 3 is 2.33 bits per heavy atom. The van der Waals surface area contributed by atoms with Gasteiger partial charge >= 0.3 is 6.18 Å². The molecule has 1 atom stereocenters. The van der Waals surface area contributed by atoms with Crippen molar-refractivity contribution in [2.45, 2.75) is 37.4 Å². The number of alkyl halides is 3. The van der Waals surface area contributed by atoms with E-state index in [9.17, 15) is 13.2 Å². The summed E-state index contributed by atoms with van der Waals surface area (Å²) in [6, 6.07) is 5.55. The second kappa shape index (κ2) is 6.36. The van der Waals surface area contributed by atoms with E-state index in [2.05, 4.69) is 24.3 Å². The summed E-state index contributed by atoms with van der Waals surface area (Å²) < 4.78 is 37.6. The van der Waals surface area contributed by atoms with Crippen molar-refractivity contribution in [1.29, 1.82) is 0 Å². The maximum atomic E-state index is 12.5. The molecule has 1 aliphatic heterocycles. The number of halogens is 3. The topological polar surface area (TPSA) is 15.3 Å². The van der Waals surface area contributed by atoms with Crippen molar-refractivity contribution in [3.8, 4) is 0 Å². The van der Waals surface area contributed by atoms with Crippen LogP contribution in [0.15, 0.2) is 24.3 Å². The standard InChI is InChI=1S/C16H23F3N2/c1-21(2)15(9-3-11-20-12-15)10-8-13-4-6-14(7-5-13)16(17,18)19/h4-7,20H,3,8-12H2,1-2H3/t15-/m0/s1. The average Bonchev–Trinajstić information content (AvgIpc) is 2.45. The Hall–Kier alpha value is -1.07. The second-order valence-corrected chi connectivity index (χ2v) is 6.09. The molecule has 1 aliphatic rings. The number of nitrogens with zero attached hydrogens (tertiary/aromatic N) is 1. The van der Waals surface area contributed by atoms with Crippen LogP contribution in [0.4, 0.5) is 13.2 Å². The molecule has 1 fully saturated rings. The van der Waals surface area contributed by atoms with Crippen LogP contribution in [0.3, 0.4) is 0 Å². The molecule has 0 aliphatic carbocycles. The predicted molar refractivity (Wildman–Crippen MR) is 78.3 cm³/mol. The van der Waals surface area contributed by atoms with Crippen LogP contribution in [0.1, 0.15) is 30.4 Å². The van der Waals surface area contributed by atoms with Crippen LogP contribution in [-0.2, 0) is 12.6 Å². The molecule has 0 bridgehead atoms. The molecule has 1 saturated heterocycles. The van der Waals surface area contributed by atoms with Crippen molar-refractivity contribution in [3.05, 3.63) is 35.4 Å². The van der Waals surface area contributed by atoms with Gasteiger partial charge in [0.15, 0.2) is 0 Å². The highest BCUT2D eigenvalue weighted by Gasteiger charge is 2.34. The Kier molecular flexibility index (Phi) is 4.94. The Bertz CT molecular complexity index is 446. The highest BCUT2D eigenvalue weighted by molar-refractivity contribution is 5.25. The number of likely N-dealkylation sites (N-methyl/N-ethyl adjacent to an activating group) is 1. The van der Waals surface area contributed by atoms with Crippen LogP contribution in [0.25, 0.3) is 0 Å². The molecule has 0 amide bonds. The summed E-state index contributed by atoms with van der Waals surface area (Å²) in [5.41, 5.74) is 0.503. The van der Waals surface area contributed by atoms with Crippen molar-refractivity contribution in [1.82, 2.24) is 10.2 Å². The van der Waals surface area contributed by atoms with Crippen LogP contribution >= 0.6 is 0 Å². The first kappa shape index (κ1) is 16.3. The van der Waals surface area contributed by atoms with Gasteiger partial charge in [-0.2, -0.15) is 13.2 Å². The Morgan fingerprint density at radius 2 is 1.86 bits per heavy atom. The first-order valence-electron chi connectivity index (χ1n) is 7.38. The molecule has 118 valence electrons. The smallest absolute Gasteiger partial charge is 0.315 e. The largest absolute Gasteiger partial charge is 0.416 e. The van der Waals surface area contributed by atoms with Gasteiger partial charge in [0.1, 0.15) is 0 Å². The molecule has 1 heterocycles. The SMILES string of the molecule is CN(C)[C@]1(CCc2ccc(C(F)(F)F)cc2)CCCNC1. The third-order valence-corrected chi connectivity index (χ3v) is 4.56. The predicted octanol–water partition coefficient (Wildman–Crippen LogP) is 3.32. The molecule has 2 nitrogen and oxygen atoms in total. The van der Waals surface area contributed by atoms with Gasteiger partial charge in [0.05, 0.1) is 5.56 Å². The van der Waals surface area contributed by atoms with E-state index < -0.39 is 11.7 Å². The third kappa shape index (κ3) is 3.98. The molecule has 1 aromatic carbocycles. The monoisotopic (exact) mass is 300 g/mol. The first-order chi connectivity index (χ1) is 9.83. The quantitative estimate of drug-likeness (QED) is 0.917. The Labute approximate surface area is 124 Å². The normalized spacial score (nSPS) is 23.5. The number of benzene rings is 1. The van der Waals surface area contributed by atoms with Gasteiger partial charge in [-0.05, 0) is 64.0 Å². The minimum atomic E-state index is -4.25. The second-order valence-electron chi connectivity index (χ2n) is 6.09. The van der Waals surface area contributed by atoms with Gasteiger partial charge < -0.3 is 10.2 Å². The molecular weight excluding hydrogens is 277 g/mol. The zero-order valence-corrected chi connectivity index (χ0v) is 12.6. The first-order valence-corrected chi connectivity index (χ1v) is 7.38. The molecule has 1 aromatic rings. The molecule has 0 saturated carbocycles. The fraction of sp³-hybridized carbons (Fsp3) is 0.625. The summed E-state index contributed by atoms with van der Waals surface area (Å²) in [6.45, 7) is 2.00. The molecule has 0 radical (unpaired) electrons. The number of hydrogen-bond acceptors (Lipinski definition) is 2.